The Balaban J connectivity index is 1.46. The van der Waals surface area contributed by atoms with Crippen molar-refractivity contribution in [2.75, 3.05) is 19.6 Å². The molecule has 4 heterocycles. The van der Waals surface area contributed by atoms with Gasteiger partial charge >= 0.3 is 5.97 Å². The van der Waals surface area contributed by atoms with E-state index in [1.807, 2.05) is 6.92 Å². The van der Waals surface area contributed by atoms with Crippen LogP contribution in [0.15, 0.2) is 10.6 Å². The second-order valence-corrected chi connectivity index (χ2v) is 9.45. The molecule has 4 aliphatic rings. The van der Waals surface area contributed by atoms with Crippen molar-refractivity contribution in [2.45, 2.75) is 50.1 Å². The predicted octanol–water partition coefficient (Wildman–Crippen LogP) is 0.213. The molecule has 26 heavy (non-hydrogen) atoms. The molecule has 0 spiro atoms. The highest BCUT2D eigenvalue weighted by atomic mass is 32.2. The van der Waals surface area contributed by atoms with Crippen molar-refractivity contribution in [3.05, 3.63) is 10.6 Å². The van der Waals surface area contributed by atoms with Gasteiger partial charge in [0.25, 0.3) is 0 Å². The monoisotopic (exact) mass is 381 g/mol. The normalized spacial score (nSPS) is 38.2. The van der Waals surface area contributed by atoms with Gasteiger partial charge in [-0.25, -0.2) is 4.79 Å². The number of fused-ring (bicyclic) bond motifs is 1. The van der Waals surface area contributed by atoms with Gasteiger partial charge in [0, 0.05) is 28.7 Å². The van der Waals surface area contributed by atoms with Gasteiger partial charge in [-0.05, 0) is 38.8 Å². The van der Waals surface area contributed by atoms with E-state index in [2.05, 4.69) is 10.6 Å². The standard InChI is InChI=1S/C18H27N3O4S/c1-8-14-13(9(2)22)17(23)21(14)15(18(24)25)16(8)26-12-4-11(20-7-12)3-10-5-19-6-10/h8-14,19-20,22H,3-7H2,1-2H3,(H,24,25)/t8-,9-,11-,12+,13-,14-/m1/s1. The molecule has 4 aliphatic heterocycles. The number of carbonyl (C=O) groups is 2. The maximum Gasteiger partial charge on any atom is 0.353 e. The lowest BCUT2D eigenvalue weighted by Gasteiger charge is -2.46. The molecule has 0 radical (unpaired) electrons. The van der Waals surface area contributed by atoms with Crippen molar-refractivity contribution in [2.24, 2.45) is 17.8 Å². The van der Waals surface area contributed by atoms with Crippen molar-refractivity contribution in [3.63, 3.8) is 0 Å². The topological polar surface area (TPSA) is 102 Å². The molecule has 0 aliphatic carbocycles. The van der Waals surface area contributed by atoms with Crippen LogP contribution in [-0.2, 0) is 9.59 Å². The molecule has 6 atom stereocenters. The number of hydrogen-bond acceptors (Lipinski definition) is 6. The summed E-state index contributed by atoms with van der Waals surface area (Å²) in [5, 5.41) is 26.8. The molecule has 0 saturated carbocycles. The lowest BCUT2D eigenvalue weighted by molar-refractivity contribution is -0.163. The Bertz CT molecular complexity index is 648. The first kappa shape index (κ1) is 18.3. The maximum atomic E-state index is 12.4. The molecule has 3 fully saturated rings. The molecule has 8 heteroatoms. The Hall–Kier alpha value is -1.09. The van der Waals surface area contributed by atoms with Crippen LogP contribution in [0, 0.1) is 17.8 Å². The summed E-state index contributed by atoms with van der Waals surface area (Å²) in [5.41, 5.74) is 0.140. The molecule has 0 aromatic carbocycles. The lowest BCUT2D eigenvalue weighted by Crippen LogP contribution is -2.63. The van der Waals surface area contributed by atoms with E-state index in [1.54, 1.807) is 18.7 Å². The third kappa shape index (κ3) is 2.87. The van der Waals surface area contributed by atoms with E-state index in [1.165, 1.54) is 11.3 Å². The Morgan fingerprint density at radius 1 is 1.38 bits per heavy atom. The predicted molar refractivity (Wildman–Crippen MR) is 98.4 cm³/mol. The Labute approximate surface area is 157 Å². The molecule has 0 aromatic rings. The Kier molecular flexibility index (Phi) is 4.79. The first-order valence-electron chi connectivity index (χ1n) is 9.47. The molecular weight excluding hydrogens is 354 g/mol. The summed E-state index contributed by atoms with van der Waals surface area (Å²) in [7, 11) is 0. The number of aliphatic carboxylic acids is 1. The van der Waals surface area contributed by atoms with E-state index in [-0.39, 0.29) is 23.6 Å². The Morgan fingerprint density at radius 3 is 2.69 bits per heavy atom. The second-order valence-electron chi connectivity index (χ2n) is 8.11. The zero-order chi connectivity index (χ0) is 18.6. The average Bonchev–Trinajstić information content (AvgIpc) is 3.06. The van der Waals surface area contributed by atoms with E-state index >= 15 is 0 Å². The van der Waals surface area contributed by atoms with Gasteiger partial charge in [-0.3, -0.25) is 4.79 Å². The summed E-state index contributed by atoms with van der Waals surface area (Å²) in [5.74, 6) is -1.08. The van der Waals surface area contributed by atoms with E-state index in [9.17, 15) is 19.8 Å². The number of carbonyl (C=O) groups excluding carboxylic acids is 1. The van der Waals surface area contributed by atoms with Gasteiger partial charge in [-0.2, -0.15) is 0 Å². The molecule has 3 saturated heterocycles. The van der Waals surface area contributed by atoms with Gasteiger partial charge in [0.05, 0.1) is 18.1 Å². The minimum Gasteiger partial charge on any atom is -0.477 e. The maximum absolute atomic E-state index is 12.4. The SMILES string of the molecule is C[C@@H](O)[C@H]1C(=O)N2C(C(=O)O)=C(S[C@@H]3CN[C@H](CC4CNC4)C3)[C@H](C)[C@H]12. The van der Waals surface area contributed by atoms with Gasteiger partial charge in [-0.1, -0.05) is 6.92 Å². The smallest absolute Gasteiger partial charge is 0.353 e. The van der Waals surface area contributed by atoms with Crippen LogP contribution >= 0.6 is 11.8 Å². The second kappa shape index (κ2) is 6.82. The highest BCUT2D eigenvalue weighted by Crippen LogP contribution is 2.51. The van der Waals surface area contributed by atoms with Gasteiger partial charge in [0.1, 0.15) is 5.70 Å². The fraction of sp³-hybridized carbons (Fsp3) is 0.778. The summed E-state index contributed by atoms with van der Waals surface area (Å²) in [6, 6.07) is 0.274. The number of amides is 1. The molecule has 144 valence electrons. The summed E-state index contributed by atoms with van der Waals surface area (Å²) in [4.78, 5) is 26.4. The van der Waals surface area contributed by atoms with Crippen LogP contribution in [-0.4, -0.2) is 70.1 Å². The lowest BCUT2D eigenvalue weighted by atomic mass is 9.79. The van der Waals surface area contributed by atoms with Gasteiger partial charge in [0.2, 0.25) is 5.91 Å². The zero-order valence-corrected chi connectivity index (χ0v) is 16.0. The van der Waals surface area contributed by atoms with Crippen molar-refractivity contribution >= 4 is 23.6 Å². The molecule has 4 N–H and O–H groups in total. The van der Waals surface area contributed by atoms with E-state index < -0.39 is 18.0 Å². The average molecular weight is 381 g/mol. The number of carboxylic acid groups (broad SMARTS) is 1. The number of rotatable bonds is 6. The van der Waals surface area contributed by atoms with Crippen LogP contribution in [0.5, 0.6) is 0 Å². The van der Waals surface area contributed by atoms with Crippen LogP contribution in [0.3, 0.4) is 0 Å². The van der Waals surface area contributed by atoms with Gasteiger partial charge < -0.3 is 25.7 Å². The quantitative estimate of drug-likeness (QED) is 0.488. The molecule has 4 rings (SSSR count). The third-order valence-electron chi connectivity index (χ3n) is 6.27. The summed E-state index contributed by atoms with van der Waals surface area (Å²) < 4.78 is 0. The minimum atomic E-state index is -1.04. The minimum absolute atomic E-state index is 0.0433. The van der Waals surface area contributed by atoms with Gasteiger partial charge in [0.15, 0.2) is 0 Å². The molecule has 0 bridgehead atoms. The number of hydrogen-bond donors (Lipinski definition) is 4. The summed E-state index contributed by atoms with van der Waals surface area (Å²) in [6.45, 7) is 6.66. The summed E-state index contributed by atoms with van der Waals surface area (Å²) >= 11 is 1.62. The van der Waals surface area contributed by atoms with Crippen molar-refractivity contribution in [1.82, 2.24) is 15.5 Å². The fourth-order valence-electron chi connectivity index (χ4n) is 4.83. The summed E-state index contributed by atoms with van der Waals surface area (Å²) in [6.07, 6.45) is 1.45. The van der Waals surface area contributed by atoms with E-state index in [4.69, 9.17) is 0 Å². The molecule has 1 amide bonds. The number of thioether (sulfide) groups is 1. The van der Waals surface area contributed by atoms with Crippen molar-refractivity contribution < 1.29 is 19.8 Å². The van der Waals surface area contributed by atoms with Crippen LogP contribution in [0.4, 0.5) is 0 Å². The van der Waals surface area contributed by atoms with Crippen LogP contribution in [0.1, 0.15) is 26.7 Å². The number of carboxylic acids is 1. The first-order valence-corrected chi connectivity index (χ1v) is 10.4. The first-order chi connectivity index (χ1) is 12.4. The van der Waals surface area contributed by atoms with Crippen molar-refractivity contribution in [1.29, 1.82) is 0 Å². The third-order valence-corrected chi connectivity index (χ3v) is 7.78. The van der Waals surface area contributed by atoms with Crippen LogP contribution in [0.2, 0.25) is 0 Å². The van der Waals surface area contributed by atoms with Crippen LogP contribution in [0.25, 0.3) is 0 Å². The van der Waals surface area contributed by atoms with Gasteiger partial charge in [-0.15, -0.1) is 11.8 Å². The van der Waals surface area contributed by atoms with Crippen molar-refractivity contribution in [3.8, 4) is 0 Å². The number of nitrogens with zero attached hydrogens (tertiary/aromatic N) is 1. The molecule has 7 nitrogen and oxygen atoms in total. The number of aliphatic hydroxyl groups is 1. The number of nitrogens with one attached hydrogen (secondary N) is 2. The van der Waals surface area contributed by atoms with E-state index in [0.29, 0.717) is 11.3 Å². The molecule has 0 unspecified atom stereocenters. The highest BCUT2D eigenvalue weighted by molar-refractivity contribution is 8.03. The Morgan fingerprint density at radius 2 is 2.12 bits per heavy atom. The highest BCUT2D eigenvalue weighted by Gasteiger charge is 2.60. The number of aliphatic hydroxyl groups excluding tert-OH is 1. The molecular formula is C18H27N3O4S. The fourth-order valence-corrected chi connectivity index (χ4v) is 6.35. The zero-order valence-electron chi connectivity index (χ0n) is 15.1. The number of β-lactam (4-membered cyclic amide) rings is 1. The largest absolute Gasteiger partial charge is 0.477 e. The van der Waals surface area contributed by atoms with Crippen LogP contribution < -0.4 is 10.6 Å². The molecule has 0 aromatic heterocycles. The van der Waals surface area contributed by atoms with E-state index in [0.717, 1.165) is 36.9 Å².